The van der Waals surface area contributed by atoms with E-state index in [-0.39, 0.29) is 0 Å². The van der Waals surface area contributed by atoms with Crippen LogP contribution in [0.5, 0.6) is 0 Å². The highest BCUT2D eigenvalue weighted by atomic mass is 32.2. The molecule has 0 unspecified atom stereocenters. The molecule has 0 aliphatic rings. The van der Waals surface area contributed by atoms with Crippen LogP contribution in [0.1, 0.15) is 29.5 Å². The summed E-state index contributed by atoms with van der Waals surface area (Å²) in [5.41, 5.74) is 0. The Morgan fingerprint density at radius 2 is 1.48 bits per heavy atom. The maximum Gasteiger partial charge on any atom is 0.188 e. The fraction of sp³-hybridized carbons (Fsp3) is 0.591. The van der Waals surface area contributed by atoms with E-state index in [2.05, 4.69) is 20.4 Å². The van der Waals surface area contributed by atoms with Crippen LogP contribution in [0, 0.1) is 5.41 Å². The van der Waals surface area contributed by atoms with Gasteiger partial charge in [0.2, 0.25) is 0 Å². The van der Waals surface area contributed by atoms with E-state index in [9.17, 15) is 0 Å². The third-order valence-corrected chi connectivity index (χ3v) is 5.16. The number of hydrogen-bond donors (Lipinski definition) is 3. The van der Waals surface area contributed by atoms with Gasteiger partial charge in [-0.2, -0.15) is 11.8 Å². The van der Waals surface area contributed by atoms with Crippen LogP contribution in [-0.4, -0.2) is 69.4 Å². The average Bonchev–Trinajstić information content (AvgIpc) is 3.32. The van der Waals surface area contributed by atoms with Gasteiger partial charge in [0.1, 0.15) is 29.6 Å². The Balaban J connectivity index is 1.43. The first-order chi connectivity index (χ1) is 14.9. The SMILES string of the molecule is CN(C)Cc1ccc(COCCCNC(=N)NCCSCc2ccc(CN(C)C)o2)o1. The lowest BCUT2D eigenvalue weighted by molar-refractivity contribution is 0.103. The molecule has 0 radical (unpaired) electrons. The monoisotopic (exact) mass is 451 g/mol. The van der Waals surface area contributed by atoms with Crippen molar-refractivity contribution in [2.75, 3.05) is 53.6 Å². The normalized spacial score (nSPS) is 11.4. The van der Waals surface area contributed by atoms with Crippen LogP contribution in [0.25, 0.3) is 0 Å². The summed E-state index contributed by atoms with van der Waals surface area (Å²) in [4.78, 5) is 4.16. The van der Waals surface area contributed by atoms with Crippen LogP contribution in [0.3, 0.4) is 0 Å². The summed E-state index contributed by atoms with van der Waals surface area (Å²) in [5.74, 6) is 5.90. The molecule has 0 saturated carbocycles. The minimum atomic E-state index is 0.353. The van der Waals surface area contributed by atoms with Gasteiger partial charge in [-0.05, 0) is 58.9 Å². The molecule has 2 aromatic rings. The van der Waals surface area contributed by atoms with Crippen molar-refractivity contribution in [3.63, 3.8) is 0 Å². The zero-order chi connectivity index (χ0) is 22.5. The molecular weight excluding hydrogens is 414 g/mol. The Labute approximate surface area is 190 Å². The summed E-state index contributed by atoms with van der Waals surface area (Å²) in [6, 6.07) is 8.03. The van der Waals surface area contributed by atoms with Gasteiger partial charge in [0.05, 0.1) is 18.8 Å². The number of rotatable bonds is 15. The second kappa shape index (κ2) is 14.2. The average molecular weight is 452 g/mol. The van der Waals surface area contributed by atoms with Crippen molar-refractivity contribution in [2.24, 2.45) is 0 Å². The Kier molecular flexibility index (Phi) is 11.6. The summed E-state index contributed by atoms with van der Waals surface area (Å²) < 4.78 is 17.2. The van der Waals surface area contributed by atoms with Crippen molar-refractivity contribution in [1.29, 1.82) is 5.41 Å². The number of nitrogens with zero attached hydrogens (tertiary/aromatic N) is 2. The number of thioether (sulfide) groups is 1. The lowest BCUT2D eigenvalue weighted by Crippen LogP contribution is -2.38. The number of ether oxygens (including phenoxy) is 1. The van der Waals surface area contributed by atoms with Crippen LogP contribution in [0.15, 0.2) is 33.1 Å². The van der Waals surface area contributed by atoms with E-state index in [0.717, 1.165) is 60.6 Å². The molecule has 174 valence electrons. The molecule has 2 heterocycles. The Bertz CT molecular complexity index is 760. The van der Waals surface area contributed by atoms with E-state index in [0.29, 0.717) is 25.7 Å². The fourth-order valence-corrected chi connectivity index (χ4v) is 3.58. The highest BCUT2D eigenvalue weighted by Gasteiger charge is 2.05. The highest BCUT2D eigenvalue weighted by molar-refractivity contribution is 7.98. The molecule has 0 amide bonds. The fourth-order valence-electron chi connectivity index (χ4n) is 2.84. The van der Waals surface area contributed by atoms with Crippen molar-refractivity contribution in [3.05, 3.63) is 47.3 Å². The van der Waals surface area contributed by atoms with Crippen molar-refractivity contribution in [1.82, 2.24) is 20.4 Å². The van der Waals surface area contributed by atoms with Crippen molar-refractivity contribution in [2.45, 2.75) is 31.9 Å². The second-order valence-electron chi connectivity index (χ2n) is 7.90. The molecule has 0 saturated heterocycles. The van der Waals surface area contributed by atoms with E-state index >= 15 is 0 Å². The third kappa shape index (κ3) is 11.3. The van der Waals surface area contributed by atoms with Gasteiger partial charge in [-0.15, -0.1) is 0 Å². The second-order valence-corrected chi connectivity index (χ2v) is 9.00. The Morgan fingerprint density at radius 1 is 0.903 bits per heavy atom. The zero-order valence-corrected chi connectivity index (χ0v) is 20.0. The quantitative estimate of drug-likeness (QED) is 0.216. The van der Waals surface area contributed by atoms with Gasteiger partial charge < -0.3 is 34.0 Å². The van der Waals surface area contributed by atoms with E-state index in [1.165, 1.54) is 0 Å². The molecule has 3 N–H and O–H groups in total. The molecule has 31 heavy (non-hydrogen) atoms. The van der Waals surface area contributed by atoms with Gasteiger partial charge in [-0.1, -0.05) is 0 Å². The van der Waals surface area contributed by atoms with Gasteiger partial charge in [0.25, 0.3) is 0 Å². The summed E-state index contributed by atoms with van der Waals surface area (Å²) in [6.45, 7) is 4.15. The summed E-state index contributed by atoms with van der Waals surface area (Å²) >= 11 is 1.79. The zero-order valence-electron chi connectivity index (χ0n) is 19.2. The minimum absolute atomic E-state index is 0.353. The van der Waals surface area contributed by atoms with Crippen molar-refractivity contribution >= 4 is 17.7 Å². The van der Waals surface area contributed by atoms with Gasteiger partial charge >= 0.3 is 0 Å². The lowest BCUT2D eigenvalue weighted by atomic mass is 10.4. The van der Waals surface area contributed by atoms with E-state index in [1.807, 2.05) is 52.5 Å². The predicted molar refractivity (Wildman–Crippen MR) is 126 cm³/mol. The molecule has 9 heteroatoms. The maximum atomic E-state index is 7.92. The molecule has 0 aromatic carbocycles. The van der Waals surface area contributed by atoms with Crippen LogP contribution in [-0.2, 0) is 30.2 Å². The van der Waals surface area contributed by atoms with E-state index < -0.39 is 0 Å². The standard InChI is InChI=1S/C22H37N5O3S/c1-26(2)14-18-6-8-20(29-18)16-28-12-5-10-24-22(23)25-11-13-31-17-21-9-7-19(30-21)15-27(3)4/h6-9H,5,10-17H2,1-4H3,(H3,23,24,25). The third-order valence-electron chi connectivity index (χ3n) is 4.18. The number of nitrogens with one attached hydrogen (secondary N) is 3. The van der Waals surface area contributed by atoms with E-state index in [4.69, 9.17) is 19.0 Å². The van der Waals surface area contributed by atoms with Gasteiger partial charge in [-0.25, -0.2) is 0 Å². The number of guanidine groups is 1. The topological polar surface area (TPSA) is 89.9 Å². The molecule has 0 atom stereocenters. The molecule has 0 aliphatic heterocycles. The first-order valence-electron chi connectivity index (χ1n) is 10.6. The van der Waals surface area contributed by atoms with Crippen molar-refractivity contribution < 1.29 is 13.6 Å². The van der Waals surface area contributed by atoms with Crippen LogP contribution in [0.2, 0.25) is 0 Å². The Hall–Kier alpha value is -1.94. The first-order valence-corrected chi connectivity index (χ1v) is 11.7. The van der Waals surface area contributed by atoms with Gasteiger partial charge in [0.15, 0.2) is 5.96 Å². The molecule has 8 nitrogen and oxygen atoms in total. The summed E-state index contributed by atoms with van der Waals surface area (Å²) in [6.07, 6.45) is 0.831. The molecule has 0 aliphatic carbocycles. The van der Waals surface area contributed by atoms with Crippen LogP contribution in [0.4, 0.5) is 0 Å². The van der Waals surface area contributed by atoms with Crippen LogP contribution >= 0.6 is 11.8 Å². The Morgan fingerprint density at radius 3 is 2.16 bits per heavy atom. The van der Waals surface area contributed by atoms with Crippen LogP contribution < -0.4 is 10.6 Å². The molecule has 0 fully saturated rings. The first kappa shape index (κ1) is 25.3. The molecule has 0 spiro atoms. The molecular formula is C22H37N5O3S. The van der Waals surface area contributed by atoms with Gasteiger partial charge in [-0.3, -0.25) is 5.41 Å². The molecule has 0 bridgehead atoms. The summed E-state index contributed by atoms with van der Waals surface area (Å²) in [7, 11) is 8.09. The number of hydrogen-bond acceptors (Lipinski definition) is 7. The number of furan rings is 2. The largest absolute Gasteiger partial charge is 0.464 e. The predicted octanol–water partition coefficient (Wildman–Crippen LogP) is 2.95. The lowest BCUT2D eigenvalue weighted by Gasteiger charge is -2.10. The highest BCUT2D eigenvalue weighted by Crippen LogP contribution is 2.16. The van der Waals surface area contributed by atoms with Gasteiger partial charge in [0, 0.05) is 25.4 Å². The van der Waals surface area contributed by atoms with E-state index in [1.54, 1.807) is 11.8 Å². The van der Waals surface area contributed by atoms with Crippen molar-refractivity contribution in [3.8, 4) is 0 Å². The molecule has 2 aromatic heterocycles. The summed E-state index contributed by atoms with van der Waals surface area (Å²) in [5, 5.41) is 14.1. The smallest absolute Gasteiger partial charge is 0.188 e. The molecule has 2 rings (SSSR count). The minimum Gasteiger partial charge on any atom is -0.464 e. The maximum absolute atomic E-state index is 7.92.